The third kappa shape index (κ3) is 5.52. The van der Waals surface area contributed by atoms with E-state index in [1.165, 1.54) is 11.8 Å². The quantitative estimate of drug-likeness (QED) is 0.227. The molecule has 0 aliphatic carbocycles. The molecule has 0 fully saturated rings. The number of aromatic nitrogens is 3. The Morgan fingerprint density at radius 3 is 2.47 bits per heavy atom. The monoisotopic (exact) mass is 471 g/mol. The van der Waals surface area contributed by atoms with Crippen LogP contribution in [0.15, 0.2) is 83.1 Å². The highest BCUT2D eigenvalue weighted by atomic mass is 32.2. The Kier molecular flexibility index (Phi) is 7.39. The van der Waals surface area contributed by atoms with Crippen LogP contribution in [0.5, 0.6) is 5.75 Å². The highest BCUT2D eigenvalue weighted by Crippen LogP contribution is 2.29. The standard InChI is InChI=1S/C26H25N5O2S/c1-18-8-10-20(11-9-18)25-29-30-26(31(25)22-12-14-23(33-3)15-13-22)34-17-24(32)28-27-16-21-7-5-4-6-19(21)2/h4-16H,17H2,1-3H3,(H,28,32)/b27-16-. The average molecular weight is 472 g/mol. The van der Waals surface area contributed by atoms with E-state index < -0.39 is 0 Å². The van der Waals surface area contributed by atoms with Crippen molar-refractivity contribution >= 4 is 23.9 Å². The Morgan fingerprint density at radius 2 is 1.76 bits per heavy atom. The molecular formula is C26H25N5O2S. The van der Waals surface area contributed by atoms with E-state index in [0.29, 0.717) is 11.0 Å². The molecule has 0 unspecified atom stereocenters. The summed E-state index contributed by atoms with van der Waals surface area (Å²) >= 11 is 1.30. The molecule has 1 amide bonds. The van der Waals surface area contributed by atoms with E-state index in [9.17, 15) is 4.79 Å². The number of methoxy groups -OCH3 is 1. The van der Waals surface area contributed by atoms with Crippen LogP contribution >= 0.6 is 11.8 Å². The van der Waals surface area contributed by atoms with E-state index in [4.69, 9.17) is 4.74 Å². The number of nitrogens with zero attached hydrogens (tertiary/aromatic N) is 4. The van der Waals surface area contributed by atoms with Gasteiger partial charge in [-0.1, -0.05) is 65.9 Å². The zero-order valence-electron chi connectivity index (χ0n) is 19.2. The molecule has 7 nitrogen and oxygen atoms in total. The van der Waals surface area contributed by atoms with Gasteiger partial charge in [-0.15, -0.1) is 10.2 Å². The van der Waals surface area contributed by atoms with Crippen molar-refractivity contribution in [2.45, 2.75) is 19.0 Å². The van der Waals surface area contributed by atoms with Gasteiger partial charge in [0, 0.05) is 11.3 Å². The molecule has 0 radical (unpaired) electrons. The number of rotatable bonds is 8. The highest BCUT2D eigenvalue weighted by Gasteiger charge is 2.17. The summed E-state index contributed by atoms with van der Waals surface area (Å²) in [6.07, 6.45) is 1.65. The summed E-state index contributed by atoms with van der Waals surface area (Å²) < 4.78 is 7.23. The fourth-order valence-electron chi connectivity index (χ4n) is 3.28. The number of amides is 1. The molecule has 0 aliphatic heterocycles. The van der Waals surface area contributed by atoms with Gasteiger partial charge < -0.3 is 4.74 Å². The first kappa shape index (κ1) is 23.3. The molecule has 8 heteroatoms. The fourth-order valence-corrected chi connectivity index (χ4v) is 4.03. The topological polar surface area (TPSA) is 81.4 Å². The number of aryl methyl sites for hydroxylation is 2. The Morgan fingerprint density at radius 1 is 1.03 bits per heavy atom. The van der Waals surface area contributed by atoms with Crippen LogP contribution in [0.2, 0.25) is 0 Å². The minimum absolute atomic E-state index is 0.146. The summed E-state index contributed by atoms with van der Waals surface area (Å²) in [4.78, 5) is 12.4. The summed E-state index contributed by atoms with van der Waals surface area (Å²) in [7, 11) is 1.63. The molecular weight excluding hydrogens is 446 g/mol. The van der Waals surface area contributed by atoms with E-state index in [1.54, 1.807) is 13.3 Å². The Labute approximate surface area is 202 Å². The molecule has 4 rings (SSSR count). The largest absolute Gasteiger partial charge is 0.497 e. The van der Waals surface area contributed by atoms with Crippen molar-refractivity contribution in [3.63, 3.8) is 0 Å². The van der Waals surface area contributed by atoms with Crippen molar-refractivity contribution in [3.05, 3.63) is 89.5 Å². The van der Waals surface area contributed by atoms with Gasteiger partial charge in [-0.25, -0.2) is 5.43 Å². The van der Waals surface area contributed by atoms with E-state index in [-0.39, 0.29) is 11.7 Å². The summed E-state index contributed by atoms with van der Waals surface area (Å²) in [5.41, 5.74) is 7.61. The van der Waals surface area contributed by atoms with Crippen molar-refractivity contribution in [2.75, 3.05) is 12.9 Å². The lowest BCUT2D eigenvalue weighted by atomic mass is 10.1. The fraction of sp³-hybridized carbons (Fsp3) is 0.154. The summed E-state index contributed by atoms with van der Waals surface area (Å²) in [5, 5.41) is 13.5. The number of hydrazone groups is 1. The first-order valence-corrected chi connectivity index (χ1v) is 11.7. The molecule has 0 atom stereocenters. The van der Waals surface area contributed by atoms with Crippen molar-refractivity contribution < 1.29 is 9.53 Å². The van der Waals surface area contributed by atoms with Crippen molar-refractivity contribution in [1.82, 2.24) is 20.2 Å². The first-order valence-electron chi connectivity index (χ1n) is 10.7. The molecule has 3 aromatic carbocycles. The Bertz CT molecular complexity index is 1300. The van der Waals surface area contributed by atoms with Gasteiger partial charge in [-0.05, 0) is 49.2 Å². The number of carbonyl (C=O) groups is 1. The van der Waals surface area contributed by atoms with Gasteiger partial charge in [0.2, 0.25) is 0 Å². The molecule has 34 heavy (non-hydrogen) atoms. The van der Waals surface area contributed by atoms with E-state index in [1.807, 2.05) is 91.2 Å². The molecule has 0 spiro atoms. The maximum Gasteiger partial charge on any atom is 0.250 e. The summed E-state index contributed by atoms with van der Waals surface area (Å²) in [6.45, 7) is 4.04. The third-order valence-electron chi connectivity index (χ3n) is 5.19. The molecule has 0 saturated carbocycles. The Balaban J connectivity index is 1.53. The molecule has 0 bridgehead atoms. The number of ether oxygens (including phenoxy) is 1. The highest BCUT2D eigenvalue weighted by molar-refractivity contribution is 7.99. The smallest absolute Gasteiger partial charge is 0.250 e. The number of hydrogen-bond acceptors (Lipinski definition) is 6. The van der Waals surface area contributed by atoms with Crippen LogP contribution in [0, 0.1) is 13.8 Å². The van der Waals surface area contributed by atoms with Gasteiger partial charge in [0.1, 0.15) is 5.75 Å². The molecule has 0 saturated heterocycles. The van der Waals surface area contributed by atoms with E-state index in [0.717, 1.165) is 33.7 Å². The van der Waals surface area contributed by atoms with Crippen LogP contribution in [-0.2, 0) is 4.79 Å². The van der Waals surface area contributed by atoms with Crippen LogP contribution in [0.4, 0.5) is 0 Å². The minimum Gasteiger partial charge on any atom is -0.497 e. The van der Waals surface area contributed by atoms with Gasteiger partial charge in [0.15, 0.2) is 11.0 Å². The zero-order chi connectivity index (χ0) is 23.9. The zero-order valence-corrected chi connectivity index (χ0v) is 20.0. The second kappa shape index (κ2) is 10.8. The van der Waals surface area contributed by atoms with Gasteiger partial charge in [0.05, 0.1) is 19.1 Å². The van der Waals surface area contributed by atoms with Gasteiger partial charge in [-0.3, -0.25) is 9.36 Å². The van der Waals surface area contributed by atoms with Crippen LogP contribution in [0.1, 0.15) is 16.7 Å². The number of nitrogens with one attached hydrogen (secondary N) is 1. The maximum atomic E-state index is 12.4. The molecule has 1 aromatic heterocycles. The minimum atomic E-state index is -0.226. The predicted octanol–water partition coefficient (Wildman–Crippen LogP) is 4.80. The first-order chi connectivity index (χ1) is 16.5. The predicted molar refractivity (Wildman–Crippen MR) is 136 cm³/mol. The molecule has 4 aromatic rings. The van der Waals surface area contributed by atoms with Gasteiger partial charge in [0.25, 0.3) is 5.91 Å². The summed E-state index contributed by atoms with van der Waals surface area (Å²) in [5.74, 6) is 1.38. The Hall–Kier alpha value is -3.91. The third-order valence-corrected chi connectivity index (χ3v) is 6.12. The van der Waals surface area contributed by atoms with Crippen molar-refractivity contribution in [3.8, 4) is 22.8 Å². The SMILES string of the molecule is COc1ccc(-n2c(SCC(=O)N/N=C\c3ccccc3C)nnc2-c2ccc(C)cc2)cc1. The second-order valence-electron chi connectivity index (χ2n) is 7.64. The van der Waals surface area contributed by atoms with Crippen LogP contribution in [0.3, 0.4) is 0 Å². The normalized spacial score (nSPS) is 11.0. The van der Waals surface area contributed by atoms with Crippen LogP contribution < -0.4 is 10.2 Å². The number of carbonyl (C=O) groups excluding carboxylic acids is 1. The molecule has 172 valence electrons. The van der Waals surface area contributed by atoms with Crippen molar-refractivity contribution in [2.24, 2.45) is 5.10 Å². The molecule has 0 aliphatic rings. The second-order valence-corrected chi connectivity index (χ2v) is 8.59. The van der Waals surface area contributed by atoms with Crippen LogP contribution in [0.25, 0.3) is 17.1 Å². The van der Waals surface area contributed by atoms with Gasteiger partial charge in [-0.2, -0.15) is 5.10 Å². The average Bonchev–Trinajstić information content (AvgIpc) is 3.28. The lowest BCUT2D eigenvalue weighted by Gasteiger charge is -2.11. The van der Waals surface area contributed by atoms with E-state index in [2.05, 4.69) is 20.7 Å². The molecule has 1 N–H and O–H groups in total. The number of hydrogen-bond donors (Lipinski definition) is 1. The lowest BCUT2D eigenvalue weighted by molar-refractivity contribution is -0.118. The lowest BCUT2D eigenvalue weighted by Crippen LogP contribution is -2.20. The van der Waals surface area contributed by atoms with Gasteiger partial charge >= 0.3 is 0 Å². The maximum absolute atomic E-state index is 12.4. The number of benzene rings is 3. The molecule has 1 heterocycles. The van der Waals surface area contributed by atoms with Crippen molar-refractivity contribution in [1.29, 1.82) is 0 Å². The summed E-state index contributed by atoms with van der Waals surface area (Å²) in [6, 6.07) is 23.6. The number of thioether (sulfide) groups is 1. The van der Waals surface area contributed by atoms with E-state index >= 15 is 0 Å². The van der Waals surface area contributed by atoms with Crippen LogP contribution in [-0.4, -0.2) is 39.7 Å².